The monoisotopic (exact) mass is 226 g/mol. The number of hydrogen-bond donors (Lipinski definition) is 2. The van der Waals surface area contributed by atoms with Gasteiger partial charge in [0.05, 0.1) is 5.56 Å². The second-order valence-electron chi connectivity index (χ2n) is 4.53. The van der Waals surface area contributed by atoms with Crippen LogP contribution >= 0.6 is 0 Å². The van der Waals surface area contributed by atoms with Crippen LogP contribution in [0.4, 0.5) is 5.69 Å². The zero-order chi connectivity index (χ0) is 11.8. The van der Waals surface area contributed by atoms with Crippen molar-refractivity contribution in [3.63, 3.8) is 0 Å². The molecule has 0 atom stereocenters. The minimum Gasteiger partial charge on any atom is -0.398 e. The van der Waals surface area contributed by atoms with Crippen LogP contribution in [0.2, 0.25) is 0 Å². The van der Waals surface area contributed by atoms with Gasteiger partial charge in [0.15, 0.2) is 0 Å². The summed E-state index contributed by atoms with van der Waals surface area (Å²) in [7, 11) is 0. The van der Waals surface area contributed by atoms with Crippen LogP contribution in [-0.2, 0) is 0 Å². The summed E-state index contributed by atoms with van der Waals surface area (Å²) in [5, 5.41) is 5.06. The maximum Gasteiger partial charge on any atom is 0.253 e. The molecule has 0 bridgehead atoms. The molecule has 2 aromatic carbocycles. The molecule has 3 rings (SSSR count). The standard InChI is InChI=1S/C14H14N2O/c15-13-8-10-4-2-1-3-9(10)7-12(13)14(17)16-11-5-6-11/h1-4,7-8,11H,5-6,15H2,(H,16,17). The number of amides is 1. The van der Waals surface area contributed by atoms with E-state index in [1.54, 1.807) is 0 Å². The molecule has 1 aliphatic carbocycles. The highest BCUT2D eigenvalue weighted by atomic mass is 16.1. The number of anilines is 1. The van der Waals surface area contributed by atoms with E-state index >= 15 is 0 Å². The molecule has 3 heteroatoms. The summed E-state index contributed by atoms with van der Waals surface area (Å²) < 4.78 is 0. The van der Waals surface area contributed by atoms with Crippen LogP contribution in [0.5, 0.6) is 0 Å². The molecule has 0 saturated heterocycles. The van der Waals surface area contributed by atoms with E-state index in [4.69, 9.17) is 5.73 Å². The van der Waals surface area contributed by atoms with Gasteiger partial charge in [0.25, 0.3) is 5.91 Å². The van der Waals surface area contributed by atoms with Gasteiger partial charge in [-0.3, -0.25) is 4.79 Å². The number of carbonyl (C=O) groups is 1. The zero-order valence-electron chi connectivity index (χ0n) is 9.44. The molecular weight excluding hydrogens is 212 g/mol. The molecule has 3 nitrogen and oxygen atoms in total. The Labute approximate surface area is 99.6 Å². The number of nitrogens with one attached hydrogen (secondary N) is 1. The van der Waals surface area contributed by atoms with Gasteiger partial charge in [-0.25, -0.2) is 0 Å². The number of carbonyl (C=O) groups excluding carboxylic acids is 1. The second-order valence-corrected chi connectivity index (χ2v) is 4.53. The summed E-state index contributed by atoms with van der Waals surface area (Å²) in [5.41, 5.74) is 7.05. The Morgan fingerprint density at radius 2 is 1.82 bits per heavy atom. The molecule has 86 valence electrons. The fourth-order valence-electron chi connectivity index (χ4n) is 1.95. The molecule has 0 aliphatic heterocycles. The molecule has 0 spiro atoms. The Balaban J connectivity index is 2.02. The minimum absolute atomic E-state index is 0.0595. The van der Waals surface area contributed by atoms with Crippen LogP contribution in [0.25, 0.3) is 10.8 Å². The number of hydrogen-bond acceptors (Lipinski definition) is 2. The highest BCUT2D eigenvalue weighted by molar-refractivity contribution is 6.04. The van der Waals surface area contributed by atoms with E-state index in [0.717, 1.165) is 23.6 Å². The van der Waals surface area contributed by atoms with Gasteiger partial charge in [-0.05, 0) is 35.7 Å². The number of fused-ring (bicyclic) bond motifs is 1. The zero-order valence-corrected chi connectivity index (χ0v) is 9.44. The quantitative estimate of drug-likeness (QED) is 0.772. The highest BCUT2D eigenvalue weighted by Gasteiger charge is 2.24. The third-order valence-corrected chi connectivity index (χ3v) is 3.08. The fourth-order valence-corrected chi connectivity index (χ4v) is 1.95. The van der Waals surface area contributed by atoms with Crippen LogP contribution in [0.3, 0.4) is 0 Å². The molecule has 1 amide bonds. The molecule has 1 fully saturated rings. The van der Waals surface area contributed by atoms with E-state index in [1.165, 1.54) is 0 Å². The number of nitrogen functional groups attached to an aromatic ring is 1. The molecule has 0 unspecified atom stereocenters. The normalized spacial score (nSPS) is 14.8. The summed E-state index contributed by atoms with van der Waals surface area (Å²) in [6.45, 7) is 0. The van der Waals surface area contributed by atoms with Crippen molar-refractivity contribution in [1.82, 2.24) is 5.32 Å². The van der Waals surface area contributed by atoms with Crippen molar-refractivity contribution < 1.29 is 4.79 Å². The van der Waals surface area contributed by atoms with E-state index in [-0.39, 0.29) is 5.91 Å². The smallest absolute Gasteiger partial charge is 0.253 e. The van der Waals surface area contributed by atoms with Crippen LogP contribution in [0.1, 0.15) is 23.2 Å². The Morgan fingerprint density at radius 1 is 1.18 bits per heavy atom. The fraction of sp³-hybridized carbons (Fsp3) is 0.214. The van der Waals surface area contributed by atoms with Gasteiger partial charge < -0.3 is 11.1 Å². The summed E-state index contributed by atoms with van der Waals surface area (Å²) in [6.07, 6.45) is 2.17. The topological polar surface area (TPSA) is 55.1 Å². The molecule has 0 heterocycles. The molecule has 17 heavy (non-hydrogen) atoms. The molecule has 0 aromatic heterocycles. The van der Waals surface area contributed by atoms with E-state index in [2.05, 4.69) is 5.32 Å². The summed E-state index contributed by atoms with van der Waals surface area (Å²) in [5.74, 6) is -0.0595. The van der Waals surface area contributed by atoms with Crippen molar-refractivity contribution >= 4 is 22.4 Å². The van der Waals surface area contributed by atoms with Gasteiger partial charge in [0, 0.05) is 11.7 Å². The molecule has 0 radical (unpaired) electrons. The SMILES string of the molecule is Nc1cc2ccccc2cc1C(=O)NC1CC1. The lowest BCUT2D eigenvalue weighted by Crippen LogP contribution is -2.26. The second kappa shape index (κ2) is 3.77. The van der Waals surface area contributed by atoms with Crippen molar-refractivity contribution in [1.29, 1.82) is 0 Å². The Hall–Kier alpha value is -2.03. The average molecular weight is 226 g/mol. The first kappa shape index (κ1) is 10.1. The molecule has 2 aromatic rings. The largest absolute Gasteiger partial charge is 0.398 e. The molecule has 1 saturated carbocycles. The van der Waals surface area contributed by atoms with Crippen LogP contribution < -0.4 is 11.1 Å². The van der Waals surface area contributed by atoms with Gasteiger partial charge >= 0.3 is 0 Å². The van der Waals surface area contributed by atoms with Crippen LogP contribution in [0, 0.1) is 0 Å². The number of benzene rings is 2. The maximum absolute atomic E-state index is 12.0. The summed E-state index contributed by atoms with van der Waals surface area (Å²) in [4.78, 5) is 12.0. The van der Waals surface area contributed by atoms with E-state index in [0.29, 0.717) is 17.3 Å². The third-order valence-electron chi connectivity index (χ3n) is 3.08. The van der Waals surface area contributed by atoms with Crippen molar-refractivity contribution in [3.8, 4) is 0 Å². The van der Waals surface area contributed by atoms with Crippen molar-refractivity contribution in [2.45, 2.75) is 18.9 Å². The highest BCUT2D eigenvalue weighted by Crippen LogP contribution is 2.24. The average Bonchev–Trinajstić information content (AvgIpc) is 3.12. The first-order valence-corrected chi connectivity index (χ1v) is 5.83. The molecule has 1 aliphatic rings. The van der Waals surface area contributed by atoms with Crippen molar-refractivity contribution in [2.75, 3.05) is 5.73 Å². The Morgan fingerprint density at radius 3 is 2.47 bits per heavy atom. The van der Waals surface area contributed by atoms with Crippen LogP contribution in [-0.4, -0.2) is 11.9 Å². The number of nitrogens with two attached hydrogens (primary N) is 1. The van der Waals surface area contributed by atoms with Gasteiger partial charge in [-0.2, -0.15) is 0 Å². The molecule has 3 N–H and O–H groups in total. The van der Waals surface area contributed by atoms with Crippen molar-refractivity contribution in [2.24, 2.45) is 0 Å². The van der Waals surface area contributed by atoms with Gasteiger partial charge in [0.2, 0.25) is 0 Å². The lowest BCUT2D eigenvalue weighted by atomic mass is 10.0. The van der Waals surface area contributed by atoms with Crippen LogP contribution in [0.15, 0.2) is 36.4 Å². The minimum atomic E-state index is -0.0595. The molecular formula is C14H14N2O. The first-order valence-electron chi connectivity index (χ1n) is 5.83. The van der Waals surface area contributed by atoms with Crippen molar-refractivity contribution in [3.05, 3.63) is 42.0 Å². The first-order chi connectivity index (χ1) is 8.24. The predicted molar refractivity (Wildman–Crippen MR) is 68.8 cm³/mol. The van der Waals surface area contributed by atoms with E-state index in [1.807, 2.05) is 36.4 Å². The van der Waals surface area contributed by atoms with Gasteiger partial charge in [0.1, 0.15) is 0 Å². The Kier molecular flexibility index (Phi) is 2.25. The predicted octanol–water partition coefficient (Wildman–Crippen LogP) is 2.31. The lowest BCUT2D eigenvalue weighted by molar-refractivity contribution is 0.0952. The van der Waals surface area contributed by atoms with E-state index in [9.17, 15) is 4.79 Å². The number of rotatable bonds is 2. The lowest BCUT2D eigenvalue weighted by Gasteiger charge is -2.08. The summed E-state index contributed by atoms with van der Waals surface area (Å²) >= 11 is 0. The Bertz CT molecular complexity index is 588. The van der Waals surface area contributed by atoms with E-state index < -0.39 is 0 Å². The third kappa shape index (κ3) is 1.96. The maximum atomic E-state index is 12.0. The van der Waals surface area contributed by atoms with Gasteiger partial charge in [-0.1, -0.05) is 24.3 Å². The van der Waals surface area contributed by atoms with Gasteiger partial charge in [-0.15, -0.1) is 0 Å². The summed E-state index contributed by atoms with van der Waals surface area (Å²) in [6, 6.07) is 12.0.